The van der Waals surface area contributed by atoms with Crippen LogP contribution in [0.2, 0.25) is 0 Å². The van der Waals surface area contributed by atoms with Crippen LogP contribution in [0.3, 0.4) is 0 Å². The molecule has 0 amide bonds. The number of methoxy groups -OCH3 is 1. The maximum Gasteiger partial charge on any atom is 0.324 e. The normalized spacial score (nSPS) is 15.7. The van der Waals surface area contributed by atoms with Crippen LogP contribution in [-0.2, 0) is 19.7 Å². The standard InChI is InChI=1S/C7H16N2O6S/c1-5(10)6(7(11)12)9-16(13,14)8-3-4-15-2/h5-6,8-10H,3-4H2,1-2H3,(H,11,12). The minimum absolute atomic E-state index is 0.0119. The molecule has 0 aliphatic rings. The number of aliphatic carboxylic acids is 1. The highest BCUT2D eigenvalue weighted by atomic mass is 32.2. The van der Waals surface area contributed by atoms with Crippen LogP contribution in [-0.4, -0.2) is 57.0 Å². The first-order valence-electron chi connectivity index (χ1n) is 4.47. The molecule has 0 spiro atoms. The fourth-order valence-corrected chi connectivity index (χ4v) is 1.91. The van der Waals surface area contributed by atoms with Crippen molar-refractivity contribution in [2.75, 3.05) is 20.3 Å². The quantitative estimate of drug-likeness (QED) is 0.368. The maximum atomic E-state index is 11.3. The first-order valence-corrected chi connectivity index (χ1v) is 5.95. The van der Waals surface area contributed by atoms with Crippen LogP contribution in [0.1, 0.15) is 6.92 Å². The number of carboxylic acids is 1. The van der Waals surface area contributed by atoms with Gasteiger partial charge in [-0.2, -0.15) is 17.9 Å². The molecule has 0 aromatic rings. The predicted octanol–water partition coefficient (Wildman–Crippen LogP) is -2.11. The fourth-order valence-electron chi connectivity index (χ4n) is 0.842. The van der Waals surface area contributed by atoms with Crippen molar-refractivity contribution in [2.45, 2.75) is 19.1 Å². The third-order valence-electron chi connectivity index (χ3n) is 1.63. The van der Waals surface area contributed by atoms with E-state index in [2.05, 4.69) is 9.46 Å². The van der Waals surface area contributed by atoms with E-state index in [0.717, 1.165) is 0 Å². The number of nitrogens with one attached hydrogen (secondary N) is 2. The summed E-state index contributed by atoms with van der Waals surface area (Å²) in [6, 6.07) is -1.58. The van der Waals surface area contributed by atoms with Crippen LogP contribution >= 0.6 is 0 Å². The Morgan fingerprint density at radius 3 is 2.44 bits per heavy atom. The molecule has 16 heavy (non-hydrogen) atoms. The van der Waals surface area contributed by atoms with Crippen molar-refractivity contribution in [2.24, 2.45) is 0 Å². The summed E-state index contributed by atoms with van der Waals surface area (Å²) in [5.74, 6) is -1.45. The highest BCUT2D eigenvalue weighted by molar-refractivity contribution is 7.87. The predicted molar refractivity (Wildman–Crippen MR) is 55.0 cm³/mol. The molecule has 96 valence electrons. The largest absolute Gasteiger partial charge is 0.480 e. The Kier molecular flexibility index (Phi) is 6.45. The van der Waals surface area contributed by atoms with Gasteiger partial charge in [0.1, 0.15) is 6.04 Å². The Bertz CT molecular complexity index is 315. The monoisotopic (exact) mass is 256 g/mol. The second kappa shape index (κ2) is 6.76. The zero-order valence-corrected chi connectivity index (χ0v) is 9.82. The smallest absolute Gasteiger partial charge is 0.324 e. The molecule has 0 aliphatic heterocycles. The summed E-state index contributed by atoms with van der Waals surface area (Å²) in [7, 11) is -2.56. The van der Waals surface area contributed by atoms with E-state index in [4.69, 9.17) is 10.2 Å². The lowest BCUT2D eigenvalue weighted by molar-refractivity contribution is -0.141. The second-order valence-electron chi connectivity index (χ2n) is 3.06. The van der Waals surface area contributed by atoms with Crippen molar-refractivity contribution in [1.29, 1.82) is 0 Å². The van der Waals surface area contributed by atoms with Gasteiger partial charge in [-0.3, -0.25) is 4.79 Å². The van der Waals surface area contributed by atoms with Crippen molar-refractivity contribution in [3.05, 3.63) is 0 Å². The first-order chi connectivity index (χ1) is 7.30. The number of rotatable bonds is 8. The van der Waals surface area contributed by atoms with Gasteiger partial charge >= 0.3 is 5.97 Å². The number of hydrogen-bond acceptors (Lipinski definition) is 5. The van der Waals surface area contributed by atoms with Gasteiger partial charge in [0.2, 0.25) is 0 Å². The van der Waals surface area contributed by atoms with Gasteiger partial charge in [0, 0.05) is 13.7 Å². The van der Waals surface area contributed by atoms with E-state index in [9.17, 15) is 13.2 Å². The van der Waals surface area contributed by atoms with Gasteiger partial charge in [0.05, 0.1) is 12.7 Å². The summed E-state index contributed by atoms with van der Waals surface area (Å²) in [6.45, 7) is 1.35. The number of carbonyl (C=O) groups is 1. The number of hydrogen-bond donors (Lipinski definition) is 4. The van der Waals surface area contributed by atoms with E-state index in [1.807, 2.05) is 4.72 Å². The van der Waals surface area contributed by atoms with Crippen LogP contribution in [0.15, 0.2) is 0 Å². The van der Waals surface area contributed by atoms with Gasteiger partial charge in [-0.05, 0) is 6.92 Å². The topological polar surface area (TPSA) is 125 Å². The Labute approximate surface area is 93.8 Å². The van der Waals surface area contributed by atoms with Crippen LogP contribution in [0.4, 0.5) is 0 Å². The van der Waals surface area contributed by atoms with Gasteiger partial charge in [-0.25, -0.2) is 0 Å². The Balaban J connectivity index is 4.37. The average molecular weight is 256 g/mol. The van der Waals surface area contributed by atoms with E-state index in [-0.39, 0.29) is 13.2 Å². The van der Waals surface area contributed by atoms with Crippen molar-refractivity contribution in [3.63, 3.8) is 0 Å². The molecule has 0 saturated heterocycles. The average Bonchev–Trinajstić information content (AvgIpc) is 2.13. The summed E-state index contributed by atoms with van der Waals surface area (Å²) in [5.41, 5.74) is 0. The van der Waals surface area contributed by atoms with E-state index >= 15 is 0 Å². The molecule has 0 aromatic heterocycles. The highest BCUT2D eigenvalue weighted by Gasteiger charge is 2.27. The molecular formula is C7H16N2O6S. The Morgan fingerprint density at radius 1 is 1.50 bits per heavy atom. The van der Waals surface area contributed by atoms with Gasteiger partial charge in [-0.1, -0.05) is 0 Å². The van der Waals surface area contributed by atoms with Crippen molar-refractivity contribution < 1.29 is 28.2 Å². The summed E-state index contributed by atoms with van der Waals surface area (Å²) >= 11 is 0. The van der Waals surface area contributed by atoms with Gasteiger partial charge in [0.25, 0.3) is 10.2 Å². The van der Waals surface area contributed by atoms with Crippen molar-refractivity contribution in [3.8, 4) is 0 Å². The number of carboxylic acid groups (broad SMARTS) is 1. The molecule has 0 bridgehead atoms. The molecule has 4 N–H and O–H groups in total. The minimum atomic E-state index is -3.96. The molecular weight excluding hydrogens is 240 g/mol. The summed E-state index contributed by atoms with van der Waals surface area (Å²) < 4.78 is 31.0. The number of ether oxygens (including phenoxy) is 1. The van der Waals surface area contributed by atoms with Crippen molar-refractivity contribution in [1.82, 2.24) is 9.44 Å². The van der Waals surface area contributed by atoms with E-state index < -0.39 is 28.3 Å². The zero-order chi connectivity index (χ0) is 12.8. The lowest BCUT2D eigenvalue weighted by atomic mass is 10.2. The zero-order valence-electron chi connectivity index (χ0n) is 9.00. The summed E-state index contributed by atoms with van der Waals surface area (Å²) in [6.07, 6.45) is -1.34. The molecule has 8 nitrogen and oxygen atoms in total. The number of aliphatic hydroxyl groups is 1. The molecule has 0 rings (SSSR count). The Morgan fingerprint density at radius 2 is 2.06 bits per heavy atom. The van der Waals surface area contributed by atoms with Gasteiger partial charge in [0.15, 0.2) is 0 Å². The van der Waals surface area contributed by atoms with Crippen molar-refractivity contribution >= 4 is 16.2 Å². The third kappa shape index (κ3) is 5.98. The van der Waals surface area contributed by atoms with Gasteiger partial charge < -0.3 is 14.9 Å². The molecule has 0 heterocycles. The number of aliphatic hydroxyl groups excluding tert-OH is 1. The van der Waals surface area contributed by atoms with Crippen LogP contribution in [0.25, 0.3) is 0 Å². The van der Waals surface area contributed by atoms with Crippen LogP contribution in [0, 0.1) is 0 Å². The molecule has 2 atom stereocenters. The van der Waals surface area contributed by atoms with E-state index in [1.165, 1.54) is 14.0 Å². The second-order valence-corrected chi connectivity index (χ2v) is 4.60. The highest BCUT2D eigenvalue weighted by Crippen LogP contribution is 1.95. The SMILES string of the molecule is COCCNS(=O)(=O)NC(C(=O)O)C(C)O. The lowest BCUT2D eigenvalue weighted by Crippen LogP contribution is -2.51. The lowest BCUT2D eigenvalue weighted by Gasteiger charge is -2.17. The molecule has 0 aliphatic carbocycles. The summed E-state index contributed by atoms with van der Waals surface area (Å²) in [5, 5.41) is 17.7. The van der Waals surface area contributed by atoms with Crippen LogP contribution in [0.5, 0.6) is 0 Å². The third-order valence-corrected chi connectivity index (χ3v) is 2.78. The first kappa shape index (κ1) is 15.3. The Hall–Kier alpha value is -0.740. The minimum Gasteiger partial charge on any atom is -0.480 e. The van der Waals surface area contributed by atoms with Crippen LogP contribution < -0.4 is 9.44 Å². The fraction of sp³-hybridized carbons (Fsp3) is 0.857. The van der Waals surface area contributed by atoms with E-state index in [1.54, 1.807) is 0 Å². The maximum absolute atomic E-state index is 11.3. The molecule has 0 aromatic carbocycles. The molecule has 0 radical (unpaired) electrons. The van der Waals surface area contributed by atoms with Gasteiger partial charge in [-0.15, -0.1) is 0 Å². The molecule has 0 saturated carbocycles. The van der Waals surface area contributed by atoms with E-state index in [0.29, 0.717) is 0 Å². The molecule has 0 fully saturated rings. The summed E-state index contributed by atoms with van der Waals surface area (Å²) in [4.78, 5) is 10.6. The molecule has 9 heteroatoms. The molecule has 2 unspecified atom stereocenters.